The van der Waals surface area contributed by atoms with Crippen molar-refractivity contribution in [3.05, 3.63) is 42.0 Å². The highest BCUT2D eigenvalue weighted by atomic mass is 16.5. The number of imide groups is 1. The maximum absolute atomic E-state index is 13.4. The first kappa shape index (κ1) is 17.3. The summed E-state index contributed by atoms with van der Waals surface area (Å²) >= 11 is 0. The third-order valence-electron chi connectivity index (χ3n) is 6.37. The number of anilines is 1. The van der Waals surface area contributed by atoms with Gasteiger partial charge in [0.15, 0.2) is 0 Å². The maximum Gasteiger partial charge on any atom is 0.240 e. The molecule has 28 heavy (non-hydrogen) atoms. The van der Waals surface area contributed by atoms with E-state index in [0.717, 1.165) is 0 Å². The van der Waals surface area contributed by atoms with Crippen LogP contribution in [0.1, 0.15) is 18.4 Å². The Morgan fingerprint density at radius 2 is 1.93 bits per heavy atom. The van der Waals surface area contributed by atoms with Crippen molar-refractivity contribution in [2.75, 3.05) is 11.5 Å². The van der Waals surface area contributed by atoms with E-state index in [4.69, 9.17) is 4.74 Å². The highest BCUT2D eigenvalue weighted by Crippen LogP contribution is 2.57. The second-order valence-corrected chi connectivity index (χ2v) is 7.70. The van der Waals surface area contributed by atoms with Gasteiger partial charge in [0.05, 0.1) is 47.0 Å². The summed E-state index contributed by atoms with van der Waals surface area (Å²) in [5.74, 6) is -2.23. The number of hydrogen-bond donors (Lipinski definition) is 2. The van der Waals surface area contributed by atoms with Gasteiger partial charge in [-0.25, -0.2) is 4.90 Å². The number of aliphatic hydroxyl groups excluding tert-OH is 2. The molecule has 3 heterocycles. The van der Waals surface area contributed by atoms with Gasteiger partial charge < -0.3 is 14.9 Å². The normalized spacial score (nSPS) is 33.5. The van der Waals surface area contributed by atoms with Crippen molar-refractivity contribution >= 4 is 28.3 Å². The van der Waals surface area contributed by atoms with E-state index in [1.807, 2.05) is 0 Å². The predicted molar refractivity (Wildman–Crippen MR) is 98.1 cm³/mol. The Morgan fingerprint density at radius 3 is 2.64 bits per heavy atom. The van der Waals surface area contributed by atoms with Crippen molar-refractivity contribution < 1.29 is 24.5 Å². The van der Waals surface area contributed by atoms with Crippen LogP contribution in [0.25, 0.3) is 10.8 Å². The quantitative estimate of drug-likeness (QED) is 0.774. The Hall–Kier alpha value is -2.79. The van der Waals surface area contributed by atoms with Crippen LogP contribution in [0.5, 0.6) is 0 Å². The molecule has 7 heteroatoms. The smallest absolute Gasteiger partial charge is 0.240 e. The lowest BCUT2D eigenvalue weighted by Gasteiger charge is -2.31. The fourth-order valence-electron chi connectivity index (χ4n) is 5.27. The lowest BCUT2D eigenvalue weighted by atomic mass is 9.70. The third-order valence-corrected chi connectivity index (χ3v) is 6.37. The molecule has 0 aliphatic carbocycles. The molecule has 3 fully saturated rings. The highest BCUT2D eigenvalue weighted by Gasteiger charge is 2.72. The zero-order valence-electron chi connectivity index (χ0n) is 14.9. The Balaban J connectivity index is 1.65. The molecule has 0 aromatic heterocycles. The molecule has 2 N–H and O–H groups in total. The van der Waals surface area contributed by atoms with Gasteiger partial charge in [0.2, 0.25) is 11.8 Å². The fraction of sp³-hybridized carbons (Fsp3) is 0.381. The van der Waals surface area contributed by atoms with Crippen LogP contribution in [-0.2, 0) is 14.3 Å². The molecule has 0 saturated carbocycles. The highest BCUT2D eigenvalue weighted by molar-refractivity contribution is 6.26. The summed E-state index contributed by atoms with van der Waals surface area (Å²) in [6.07, 6.45) is -1.13. The van der Waals surface area contributed by atoms with E-state index >= 15 is 0 Å². The van der Waals surface area contributed by atoms with E-state index in [1.54, 1.807) is 36.4 Å². The van der Waals surface area contributed by atoms with Crippen molar-refractivity contribution in [1.82, 2.24) is 0 Å². The van der Waals surface area contributed by atoms with Crippen LogP contribution < -0.4 is 4.90 Å². The largest absolute Gasteiger partial charge is 0.396 e. The first-order chi connectivity index (χ1) is 13.5. The van der Waals surface area contributed by atoms with Crippen LogP contribution in [0.4, 0.5) is 5.69 Å². The molecular formula is C21H18N2O5. The number of nitrogens with zero attached hydrogens (tertiary/aromatic N) is 2. The van der Waals surface area contributed by atoms with Gasteiger partial charge in [0, 0.05) is 30.2 Å². The van der Waals surface area contributed by atoms with E-state index < -0.39 is 35.6 Å². The minimum atomic E-state index is -1.01. The Morgan fingerprint density at radius 1 is 1.18 bits per heavy atom. The van der Waals surface area contributed by atoms with Crippen molar-refractivity contribution in [2.24, 2.45) is 11.8 Å². The number of carbonyl (C=O) groups excluding carboxylic acids is 2. The number of aliphatic hydroxyl groups is 2. The number of benzene rings is 2. The molecule has 142 valence electrons. The summed E-state index contributed by atoms with van der Waals surface area (Å²) in [6.45, 7) is -0.191. The number of carbonyl (C=O) groups is 2. The molecule has 2 aromatic rings. The van der Waals surface area contributed by atoms with Crippen LogP contribution in [0.2, 0.25) is 0 Å². The topological polar surface area (TPSA) is 111 Å². The second-order valence-electron chi connectivity index (χ2n) is 7.70. The molecule has 5 atom stereocenters. The minimum Gasteiger partial charge on any atom is -0.396 e. The SMILES string of the molecule is N#Cc1ccc(N2C(=O)C3C4OC(CCO)(CC4O)C3C2=O)c2ccccc12. The molecule has 7 nitrogen and oxygen atoms in total. The van der Waals surface area contributed by atoms with E-state index in [1.165, 1.54) is 4.90 Å². The Kier molecular flexibility index (Phi) is 3.62. The van der Waals surface area contributed by atoms with Gasteiger partial charge in [-0.2, -0.15) is 5.26 Å². The molecule has 2 aromatic carbocycles. The van der Waals surface area contributed by atoms with E-state index in [0.29, 0.717) is 22.0 Å². The monoisotopic (exact) mass is 378 g/mol. The van der Waals surface area contributed by atoms with Crippen molar-refractivity contribution in [3.8, 4) is 6.07 Å². The number of rotatable bonds is 3. The van der Waals surface area contributed by atoms with Gasteiger partial charge in [-0.3, -0.25) is 9.59 Å². The van der Waals surface area contributed by atoms with Gasteiger partial charge in [0.1, 0.15) is 0 Å². The Labute approximate surface area is 160 Å². The molecule has 5 unspecified atom stereocenters. The molecule has 3 aliphatic heterocycles. The van der Waals surface area contributed by atoms with Crippen LogP contribution in [0, 0.1) is 23.2 Å². The number of ether oxygens (including phenoxy) is 1. The maximum atomic E-state index is 13.4. The van der Waals surface area contributed by atoms with Crippen molar-refractivity contribution in [1.29, 1.82) is 5.26 Å². The van der Waals surface area contributed by atoms with Crippen molar-refractivity contribution in [3.63, 3.8) is 0 Å². The lowest BCUT2D eigenvalue weighted by Crippen LogP contribution is -2.45. The summed E-state index contributed by atoms with van der Waals surface area (Å²) in [4.78, 5) is 27.8. The molecule has 5 rings (SSSR count). The van der Waals surface area contributed by atoms with E-state index in [2.05, 4.69) is 6.07 Å². The third kappa shape index (κ3) is 2.02. The van der Waals surface area contributed by atoms with Gasteiger partial charge in [-0.1, -0.05) is 24.3 Å². The van der Waals surface area contributed by atoms with Gasteiger partial charge in [-0.05, 0) is 12.1 Å². The summed E-state index contributed by atoms with van der Waals surface area (Å²) < 4.78 is 5.91. The predicted octanol–water partition coefficient (Wildman–Crippen LogP) is 1.10. The van der Waals surface area contributed by atoms with Crippen molar-refractivity contribution in [2.45, 2.75) is 30.7 Å². The molecule has 2 bridgehead atoms. The minimum absolute atomic E-state index is 0.191. The molecule has 0 spiro atoms. The van der Waals surface area contributed by atoms with Gasteiger partial charge >= 0.3 is 0 Å². The first-order valence-corrected chi connectivity index (χ1v) is 9.29. The van der Waals surface area contributed by atoms with Gasteiger partial charge in [-0.15, -0.1) is 0 Å². The molecule has 2 amide bonds. The number of fused-ring (bicyclic) bond motifs is 6. The summed E-state index contributed by atoms with van der Waals surface area (Å²) in [5, 5.41) is 30.5. The van der Waals surface area contributed by atoms with Crippen LogP contribution in [0.15, 0.2) is 36.4 Å². The zero-order chi connectivity index (χ0) is 19.6. The zero-order valence-corrected chi connectivity index (χ0v) is 14.9. The standard InChI is InChI=1S/C21H18N2O5/c22-10-11-5-6-14(13-4-2-1-3-12(11)13)23-19(26)16-17(20(23)27)21(7-8-24)9-15(25)18(16)28-21/h1-6,15-18,24-25H,7-9H2. The van der Waals surface area contributed by atoms with E-state index in [-0.39, 0.29) is 25.4 Å². The molecule has 0 radical (unpaired) electrons. The summed E-state index contributed by atoms with van der Waals surface area (Å²) in [6, 6.07) is 12.5. The average Bonchev–Trinajstić information content (AvgIpc) is 3.28. The van der Waals surface area contributed by atoms with Crippen LogP contribution in [0.3, 0.4) is 0 Å². The second kappa shape index (κ2) is 5.85. The molecular weight excluding hydrogens is 360 g/mol. The number of nitriles is 1. The fourth-order valence-corrected chi connectivity index (χ4v) is 5.27. The molecule has 3 saturated heterocycles. The van der Waals surface area contributed by atoms with Crippen LogP contribution >= 0.6 is 0 Å². The Bertz CT molecular complexity index is 1060. The first-order valence-electron chi connectivity index (χ1n) is 9.29. The number of amides is 2. The van der Waals surface area contributed by atoms with E-state index in [9.17, 15) is 25.1 Å². The summed E-state index contributed by atoms with van der Waals surface area (Å²) in [5.41, 5.74) is -0.103. The number of hydrogen-bond acceptors (Lipinski definition) is 6. The van der Waals surface area contributed by atoms with Gasteiger partial charge in [0.25, 0.3) is 0 Å². The summed E-state index contributed by atoms with van der Waals surface area (Å²) in [7, 11) is 0. The lowest BCUT2D eigenvalue weighted by molar-refractivity contribution is -0.128. The average molecular weight is 378 g/mol. The van der Waals surface area contributed by atoms with Crippen LogP contribution in [-0.4, -0.2) is 46.4 Å². The molecule has 3 aliphatic rings.